The summed E-state index contributed by atoms with van der Waals surface area (Å²) in [5, 5.41) is 2.84. The highest BCUT2D eigenvalue weighted by molar-refractivity contribution is 5.93. The van der Waals surface area contributed by atoms with E-state index < -0.39 is 0 Å². The lowest BCUT2D eigenvalue weighted by Crippen LogP contribution is -2.23. The van der Waals surface area contributed by atoms with Crippen molar-refractivity contribution < 1.29 is 4.79 Å². The molecule has 3 heteroatoms. The molecule has 1 heterocycles. The van der Waals surface area contributed by atoms with Gasteiger partial charge in [-0.15, -0.1) is 0 Å². The molecule has 1 aromatic heterocycles. The second-order valence-electron chi connectivity index (χ2n) is 4.69. The molecule has 19 heavy (non-hydrogen) atoms. The second kappa shape index (κ2) is 8.25. The van der Waals surface area contributed by atoms with Gasteiger partial charge in [-0.1, -0.05) is 44.6 Å². The molecule has 102 valence electrons. The molecule has 0 aromatic carbocycles. The molecule has 1 aromatic rings. The van der Waals surface area contributed by atoms with Crippen LogP contribution in [0.25, 0.3) is 0 Å². The van der Waals surface area contributed by atoms with Gasteiger partial charge in [0, 0.05) is 18.9 Å². The number of pyridine rings is 1. The SMILES string of the molecule is CCC(C=CCNC(=O)c1cccnc1)=CC(C)C. The van der Waals surface area contributed by atoms with Crippen molar-refractivity contribution in [2.24, 2.45) is 5.92 Å². The minimum atomic E-state index is -0.0939. The molecule has 0 fully saturated rings. The van der Waals surface area contributed by atoms with Gasteiger partial charge >= 0.3 is 0 Å². The first-order valence-electron chi connectivity index (χ1n) is 6.69. The molecule has 0 aliphatic heterocycles. The molecule has 0 aliphatic carbocycles. The Kier molecular flexibility index (Phi) is 6.58. The maximum atomic E-state index is 11.7. The first-order valence-corrected chi connectivity index (χ1v) is 6.69. The van der Waals surface area contributed by atoms with Gasteiger partial charge < -0.3 is 5.32 Å². The fourth-order valence-corrected chi connectivity index (χ4v) is 1.68. The maximum Gasteiger partial charge on any atom is 0.253 e. The van der Waals surface area contributed by atoms with Gasteiger partial charge in [0.15, 0.2) is 0 Å². The van der Waals surface area contributed by atoms with E-state index in [0.717, 1.165) is 6.42 Å². The molecular weight excluding hydrogens is 236 g/mol. The third-order valence-electron chi connectivity index (χ3n) is 2.59. The fraction of sp³-hybridized carbons (Fsp3) is 0.375. The quantitative estimate of drug-likeness (QED) is 0.795. The van der Waals surface area contributed by atoms with Crippen LogP contribution in [0.4, 0.5) is 0 Å². The summed E-state index contributed by atoms with van der Waals surface area (Å²) in [6.45, 7) is 6.98. The molecule has 3 nitrogen and oxygen atoms in total. The van der Waals surface area contributed by atoms with E-state index in [4.69, 9.17) is 0 Å². The summed E-state index contributed by atoms with van der Waals surface area (Å²) < 4.78 is 0. The number of nitrogens with zero attached hydrogens (tertiary/aromatic N) is 1. The van der Waals surface area contributed by atoms with Gasteiger partial charge in [-0.25, -0.2) is 0 Å². The molecule has 0 unspecified atom stereocenters. The predicted molar refractivity (Wildman–Crippen MR) is 78.9 cm³/mol. The molecule has 1 N–H and O–H groups in total. The molecule has 0 radical (unpaired) electrons. The van der Waals surface area contributed by atoms with Crippen molar-refractivity contribution in [2.45, 2.75) is 27.2 Å². The Morgan fingerprint density at radius 2 is 2.26 bits per heavy atom. The monoisotopic (exact) mass is 258 g/mol. The van der Waals surface area contributed by atoms with Gasteiger partial charge in [0.1, 0.15) is 0 Å². The third kappa shape index (κ3) is 6.00. The highest BCUT2D eigenvalue weighted by Crippen LogP contribution is 2.07. The minimum absolute atomic E-state index is 0.0939. The van der Waals surface area contributed by atoms with Crippen molar-refractivity contribution in [1.82, 2.24) is 10.3 Å². The van der Waals surface area contributed by atoms with Gasteiger partial charge in [0.05, 0.1) is 5.56 Å². The van der Waals surface area contributed by atoms with Crippen LogP contribution in [-0.2, 0) is 0 Å². The number of carbonyl (C=O) groups is 1. The standard InChI is InChI=1S/C16H22N2O/c1-4-14(11-13(2)3)7-5-10-18-16(19)15-8-6-9-17-12-15/h5-9,11-13H,4,10H2,1-3H3,(H,18,19). The highest BCUT2D eigenvalue weighted by atomic mass is 16.1. The average Bonchev–Trinajstić information content (AvgIpc) is 2.42. The summed E-state index contributed by atoms with van der Waals surface area (Å²) in [7, 11) is 0. The van der Waals surface area contributed by atoms with Crippen molar-refractivity contribution in [3.05, 3.63) is 53.9 Å². The summed E-state index contributed by atoms with van der Waals surface area (Å²) in [5.74, 6) is 0.452. The van der Waals surface area contributed by atoms with E-state index in [9.17, 15) is 4.79 Å². The Bertz CT molecular complexity index is 447. The molecule has 0 bridgehead atoms. The van der Waals surface area contributed by atoms with Crippen LogP contribution in [-0.4, -0.2) is 17.4 Å². The molecule has 0 spiro atoms. The van der Waals surface area contributed by atoms with E-state index in [1.54, 1.807) is 24.5 Å². The lowest BCUT2D eigenvalue weighted by molar-refractivity contribution is 0.0957. The first-order chi connectivity index (χ1) is 9.13. The Morgan fingerprint density at radius 3 is 2.84 bits per heavy atom. The van der Waals surface area contributed by atoms with E-state index in [2.05, 4.69) is 43.2 Å². The van der Waals surface area contributed by atoms with Crippen LogP contribution in [0.5, 0.6) is 0 Å². The van der Waals surface area contributed by atoms with Gasteiger partial charge in [-0.3, -0.25) is 9.78 Å². The number of hydrogen-bond donors (Lipinski definition) is 1. The molecule has 1 amide bonds. The first kappa shape index (κ1) is 15.2. The number of nitrogens with one attached hydrogen (secondary N) is 1. The molecular formula is C16H22N2O. The van der Waals surface area contributed by atoms with Crippen LogP contribution in [0.15, 0.2) is 48.3 Å². The zero-order chi connectivity index (χ0) is 14.1. The summed E-state index contributed by atoms with van der Waals surface area (Å²) in [5.41, 5.74) is 1.88. The molecule has 1 rings (SSSR count). The number of amides is 1. The summed E-state index contributed by atoms with van der Waals surface area (Å²) >= 11 is 0. The summed E-state index contributed by atoms with van der Waals surface area (Å²) in [6.07, 6.45) is 10.5. The summed E-state index contributed by atoms with van der Waals surface area (Å²) in [6, 6.07) is 3.51. The number of rotatable bonds is 6. The minimum Gasteiger partial charge on any atom is -0.349 e. The maximum absolute atomic E-state index is 11.7. The topological polar surface area (TPSA) is 42.0 Å². The van der Waals surface area contributed by atoms with Crippen LogP contribution >= 0.6 is 0 Å². The van der Waals surface area contributed by atoms with Crippen LogP contribution < -0.4 is 5.32 Å². The van der Waals surface area contributed by atoms with Crippen LogP contribution in [0.2, 0.25) is 0 Å². The smallest absolute Gasteiger partial charge is 0.253 e. The van der Waals surface area contributed by atoms with Crippen LogP contribution in [0, 0.1) is 5.92 Å². The predicted octanol–water partition coefficient (Wildman–Crippen LogP) is 3.36. The van der Waals surface area contributed by atoms with Gasteiger partial charge in [-0.2, -0.15) is 0 Å². The van der Waals surface area contributed by atoms with E-state index in [-0.39, 0.29) is 5.91 Å². The average molecular weight is 258 g/mol. The molecule has 0 saturated carbocycles. The fourth-order valence-electron chi connectivity index (χ4n) is 1.68. The Morgan fingerprint density at radius 1 is 1.47 bits per heavy atom. The molecule has 0 atom stereocenters. The van der Waals surface area contributed by atoms with Crippen molar-refractivity contribution in [1.29, 1.82) is 0 Å². The van der Waals surface area contributed by atoms with Gasteiger partial charge in [0.2, 0.25) is 0 Å². The van der Waals surface area contributed by atoms with Gasteiger partial charge in [0.25, 0.3) is 5.91 Å². The van der Waals surface area contributed by atoms with E-state index in [0.29, 0.717) is 18.0 Å². The van der Waals surface area contributed by atoms with Crippen LogP contribution in [0.3, 0.4) is 0 Å². The van der Waals surface area contributed by atoms with E-state index in [1.807, 2.05) is 6.08 Å². The van der Waals surface area contributed by atoms with Gasteiger partial charge in [-0.05, 0) is 24.5 Å². The number of aromatic nitrogens is 1. The zero-order valence-corrected chi connectivity index (χ0v) is 11.9. The number of hydrogen-bond acceptors (Lipinski definition) is 2. The highest BCUT2D eigenvalue weighted by Gasteiger charge is 2.02. The Balaban J connectivity index is 2.44. The lowest BCUT2D eigenvalue weighted by Gasteiger charge is -2.03. The largest absolute Gasteiger partial charge is 0.349 e. The molecule has 0 aliphatic rings. The van der Waals surface area contributed by atoms with Crippen molar-refractivity contribution in [2.75, 3.05) is 6.54 Å². The lowest BCUT2D eigenvalue weighted by atomic mass is 10.1. The zero-order valence-electron chi connectivity index (χ0n) is 11.9. The number of allylic oxidation sites excluding steroid dienone is 3. The summed E-state index contributed by atoms with van der Waals surface area (Å²) in [4.78, 5) is 15.7. The normalized spacial score (nSPS) is 12.1. The van der Waals surface area contributed by atoms with E-state index >= 15 is 0 Å². The second-order valence-corrected chi connectivity index (χ2v) is 4.69. The molecule has 0 saturated heterocycles. The van der Waals surface area contributed by atoms with Crippen molar-refractivity contribution in [3.8, 4) is 0 Å². The third-order valence-corrected chi connectivity index (χ3v) is 2.59. The van der Waals surface area contributed by atoms with Crippen molar-refractivity contribution >= 4 is 5.91 Å². The van der Waals surface area contributed by atoms with Crippen LogP contribution in [0.1, 0.15) is 37.6 Å². The van der Waals surface area contributed by atoms with Crippen molar-refractivity contribution in [3.63, 3.8) is 0 Å². The number of carbonyl (C=O) groups excluding carboxylic acids is 1. The van der Waals surface area contributed by atoms with E-state index in [1.165, 1.54) is 5.57 Å². The Hall–Kier alpha value is -1.90. The Labute approximate surface area is 115 Å².